The number of Topliss-reactive ketones (excluding diaryl/α,β-unsaturated/α-hetero) is 1. The molecule has 4 rings (SSSR count). The molecule has 6 heteroatoms. The molecular weight excluding hydrogens is 438 g/mol. The van der Waals surface area contributed by atoms with Crippen molar-refractivity contribution in [3.8, 4) is 28.1 Å². The number of ketones is 1. The third kappa shape index (κ3) is 5.43. The van der Waals surface area contributed by atoms with Gasteiger partial charge in [0, 0.05) is 29.8 Å². The second kappa shape index (κ2) is 10.6. The molecule has 2 heterocycles. The van der Waals surface area contributed by atoms with Gasteiger partial charge in [-0.25, -0.2) is 4.98 Å². The average Bonchev–Trinajstić information content (AvgIpc) is 3.25. The van der Waals surface area contributed by atoms with Crippen molar-refractivity contribution in [3.05, 3.63) is 78.1 Å². The van der Waals surface area contributed by atoms with E-state index in [9.17, 15) is 9.59 Å². The molecule has 35 heavy (non-hydrogen) atoms. The van der Waals surface area contributed by atoms with Crippen LogP contribution in [0.2, 0.25) is 0 Å². The molecule has 6 nitrogen and oxygen atoms in total. The smallest absolute Gasteiger partial charge is 0.220 e. The number of hydrogen-bond acceptors (Lipinski definition) is 4. The molecule has 0 radical (unpaired) electrons. The molecule has 1 atom stereocenters. The molecule has 2 aromatic carbocycles. The minimum absolute atomic E-state index is 0.0295. The van der Waals surface area contributed by atoms with Crippen LogP contribution in [-0.4, -0.2) is 34.2 Å². The zero-order valence-corrected chi connectivity index (χ0v) is 20.7. The molecule has 0 bridgehead atoms. The SMILES string of the molecule is CC[C@H](C)NC(=O)CCc1c(-c2cccc(OC)c2)nc2ccc(-c3ccc(C(C)=O)cc3)cn12. The Labute approximate surface area is 206 Å². The van der Waals surface area contributed by atoms with Gasteiger partial charge in [0.1, 0.15) is 11.4 Å². The van der Waals surface area contributed by atoms with Crippen molar-refractivity contribution in [1.29, 1.82) is 0 Å². The molecule has 0 spiro atoms. The van der Waals surface area contributed by atoms with Crippen molar-refractivity contribution in [2.75, 3.05) is 7.11 Å². The number of benzene rings is 2. The maximum atomic E-state index is 12.6. The zero-order valence-electron chi connectivity index (χ0n) is 20.7. The number of nitrogens with zero attached hydrogens (tertiary/aromatic N) is 2. The van der Waals surface area contributed by atoms with Gasteiger partial charge in [0.05, 0.1) is 18.5 Å². The number of aryl methyl sites for hydroxylation is 1. The van der Waals surface area contributed by atoms with Gasteiger partial charge in [0.15, 0.2) is 5.78 Å². The average molecular weight is 470 g/mol. The summed E-state index contributed by atoms with van der Waals surface area (Å²) in [4.78, 5) is 29.2. The first-order valence-corrected chi connectivity index (χ1v) is 12.0. The number of carbonyl (C=O) groups excluding carboxylic acids is 2. The predicted octanol–water partition coefficient (Wildman–Crippen LogP) is 5.73. The van der Waals surface area contributed by atoms with Crippen molar-refractivity contribution in [2.24, 2.45) is 0 Å². The number of methoxy groups -OCH3 is 1. The lowest BCUT2D eigenvalue weighted by Gasteiger charge is -2.12. The van der Waals surface area contributed by atoms with Gasteiger partial charge in [0.25, 0.3) is 0 Å². The molecule has 0 aliphatic rings. The minimum atomic E-state index is 0.0295. The van der Waals surface area contributed by atoms with Crippen LogP contribution in [0.4, 0.5) is 0 Å². The molecule has 1 amide bonds. The Bertz CT molecular complexity index is 1360. The summed E-state index contributed by atoms with van der Waals surface area (Å²) in [7, 11) is 1.65. The highest BCUT2D eigenvalue weighted by atomic mass is 16.5. The van der Waals surface area contributed by atoms with Crippen LogP contribution in [0.5, 0.6) is 5.75 Å². The van der Waals surface area contributed by atoms with Crippen LogP contribution in [0.15, 0.2) is 66.9 Å². The van der Waals surface area contributed by atoms with Gasteiger partial charge >= 0.3 is 0 Å². The molecule has 0 saturated heterocycles. The van der Waals surface area contributed by atoms with Crippen molar-refractivity contribution in [3.63, 3.8) is 0 Å². The van der Waals surface area contributed by atoms with Crippen molar-refractivity contribution in [2.45, 2.75) is 46.1 Å². The molecule has 0 aliphatic carbocycles. The van der Waals surface area contributed by atoms with Gasteiger partial charge in [-0.15, -0.1) is 0 Å². The number of hydrogen-bond donors (Lipinski definition) is 1. The highest BCUT2D eigenvalue weighted by molar-refractivity contribution is 5.94. The minimum Gasteiger partial charge on any atom is -0.497 e. The highest BCUT2D eigenvalue weighted by Crippen LogP contribution is 2.30. The van der Waals surface area contributed by atoms with Gasteiger partial charge in [-0.05, 0) is 62.1 Å². The van der Waals surface area contributed by atoms with Crippen LogP contribution in [0.25, 0.3) is 28.0 Å². The third-order valence-electron chi connectivity index (χ3n) is 6.29. The number of pyridine rings is 1. The van der Waals surface area contributed by atoms with Crippen LogP contribution in [0.1, 0.15) is 49.7 Å². The first kappa shape index (κ1) is 24.2. The van der Waals surface area contributed by atoms with Crippen molar-refractivity contribution in [1.82, 2.24) is 14.7 Å². The van der Waals surface area contributed by atoms with Crippen molar-refractivity contribution >= 4 is 17.3 Å². The number of fused-ring (bicyclic) bond motifs is 1. The van der Waals surface area contributed by atoms with Crippen LogP contribution in [0.3, 0.4) is 0 Å². The fourth-order valence-corrected chi connectivity index (χ4v) is 4.08. The van der Waals surface area contributed by atoms with Crippen LogP contribution in [0, 0.1) is 0 Å². The Balaban J connectivity index is 1.76. The Morgan fingerprint density at radius 1 is 1.03 bits per heavy atom. The molecule has 0 unspecified atom stereocenters. The zero-order chi connectivity index (χ0) is 24.9. The summed E-state index contributed by atoms with van der Waals surface area (Å²) in [5, 5.41) is 3.05. The number of amides is 1. The molecule has 2 aromatic heterocycles. The summed E-state index contributed by atoms with van der Waals surface area (Å²) < 4.78 is 7.49. The Morgan fingerprint density at radius 3 is 2.46 bits per heavy atom. The number of ether oxygens (including phenoxy) is 1. The van der Waals surface area contributed by atoms with Crippen molar-refractivity contribution < 1.29 is 14.3 Å². The summed E-state index contributed by atoms with van der Waals surface area (Å²) in [5.41, 5.74) is 6.26. The topological polar surface area (TPSA) is 72.7 Å². The number of aromatic nitrogens is 2. The van der Waals surface area contributed by atoms with E-state index in [1.165, 1.54) is 0 Å². The summed E-state index contributed by atoms with van der Waals surface area (Å²) in [6.45, 7) is 5.63. The summed E-state index contributed by atoms with van der Waals surface area (Å²) >= 11 is 0. The third-order valence-corrected chi connectivity index (χ3v) is 6.29. The van der Waals surface area contributed by atoms with E-state index in [4.69, 9.17) is 9.72 Å². The fourth-order valence-electron chi connectivity index (χ4n) is 4.08. The second-order valence-electron chi connectivity index (χ2n) is 8.80. The Hall–Kier alpha value is -3.93. The van der Waals surface area contributed by atoms with E-state index in [0.717, 1.165) is 45.9 Å². The largest absolute Gasteiger partial charge is 0.497 e. The maximum Gasteiger partial charge on any atom is 0.220 e. The number of carbonyl (C=O) groups is 2. The molecule has 1 N–H and O–H groups in total. The molecule has 0 fully saturated rings. The monoisotopic (exact) mass is 469 g/mol. The fraction of sp³-hybridized carbons (Fsp3) is 0.276. The molecule has 180 valence electrons. The normalized spacial score (nSPS) is 11.9. The lowest BCUT2D eigenvalue weighted by molar-refractivity contribution is -0.121. The van der Waals surface area contributed by atoms with E-state index < -0.39 is 0 Å². The molecular formula is C29H31N3O3. The van der Waals surface area contributed by atoms with Gasteiger partial charge < -0.3 is 14.5 Å². The van der Waals surface area contributed by atoms with E-state index in [1.54, 1.807) is 14.0 Å². The van der Waals surface area contributed by atoms with Gasteiger partial charge in [-0.3, -0.25) is 9.59 Å². The second-order valence-corrected chi connectivity index (χ2v) is 8.80. The standard InChI is InChI=1S/C29H31N3O3/c1-5-19(2)30-28(34)16-14-26-29(23-7-6-8-25(17-23)35-4)31-27-15-13-24(18-32(26)27)22-11-9-21(10-12-22)20(3)33/h6-13,15,17-19H,5,14,16H2,1-4H3,(H,30,34)/t19-/m0/s1. The van der Waals surface area contributed by atoms with Gasteiger partial charge in [-0.1, -0.05) is 43.3 Å². The van der Waals surface area contributed by atoms with Crippen LogP contribution >= 0.6 is 0 Å². The van der Waals surface area contributed by atoms with E-state index in [-0.39, 0.29) is 17.7 Å². The molecule has 0 saturated carbocycles. The summed E-state index contributed by atoms with van der Waals surface area (Å²) in [6, 6.07) is 19.6. The Kier molecular flexibility index (Phi) is 7.30. The summed E-state index contributed by atoms with van der Waals surface area (Å²) in [6.07, 6.45) is 3.86. The number of imidazole rings is 1. The lowest BCUT2D eigenvalue weighted by atomic mass is 10.0. The molecule has 4 aromatic rings. The first-order chi connectivity index (χ1) is 16.9. The Morgan fingerprint density at radius 2 is 1.77 bits per heavy atom. The van der Waals surface area contributed by atoms with E-state index in [0.29, 0.717) is 18.4 Å². The predicted molar refractivity (Wildman–Crippen MR) is 139 cm³/mol. The molecule has 0 aliphatic heterocycles. The quantitative estimate of drug-likeness (QED) is 0.318. The maximum absolute atomic E-state index is 12.6. The number of rotatable bonds is 9. The van der Waals surface area contributed by atoms with Gasteiger partial charge in [0.2, 0.25) is 5.91 Å². The van der Waals surface area contributed by atoms with E-state index in [2.05, 4.69) is 22.8 Å². The van der Waals surface area contributed by atoms with Gasteiger partial charge in [-0.2, -0.15) is 0 Å². The van der Waals surface area contributed by atoms with E-state index in [1.807, 2.05) is 67.6 Å². The van der Waals surface area contributed by atoms with E-state index >= 15 is 0 Å². The number of nitrogens with one attached hydrogen (secondary N) is 1. The summed E-state index contributed by atoms with van der Waals surface area (Å²) in [5.74, 6) is 0.829. The highest BCUT2D eigenvalue weighted by Gasteiger charge is 2.17. The lowest BCUT2D eigenvalue weighted by Crippen LogP contribution is -2.32. The van der Waals surface area contributed by atoms with Crippen LogP contribution < -0.4 is 10.1 Å². The first-order valence-electron chi connectivity index (χ1n) is 12.0. The van der Waals surface area contributed by atoms with Crippen LogP contribution in [-0.2, 0) is 11.2 Å².